The van der Waals surface area contributed by atoms with Gasteiger partial charge >= 0.3 is 5.97 Å². The number of methoxy groups -OCH3 is 1. The zero-order valence-electron chi connectivity index (χ0n) is 8.06. The summed E-state index contributed by atoms with van der Waals surface area (Å²) in [4.78, 5) is 10.7. The molecule has 0 aromatic rings. The molecule has 7 heteroatoms. The molecule has 1 fully saturated rings. The Morgan fingerprint density at radius 3 is 2.43 bits per heavy atom. The molecule has 0 aromatic carbocycles. The molecule has 82 valence electrons. The summed E-state index contributed by atoms with van der Waals surface area (Å²) >= 11 is 0. The van der Waals surface area contributed by atoms with Crippen molar-refractivity contribution in [2.24, 2.45) is 0 Å². The fourth-order valence-corrected chi connectivity index (χ4v) is 2.76. The molecule has 1 heterocycles. The second kappa shape index (κ2) is 3.48. The van der Waals surface area contributed by atoms with E-state index in [1.54, 1.807) is 0 Å². The van der Waals surface area contributed by atoms with Crippen LogP contribution in [0, 0.1) is 0 Å². The first kappa shape index (κ1) is 11.4. The summed E-state index contributed by atoms with van der Waals surface area (Å²) in [7, 11) is -2.48. The molecule has 0 unspecified atom stereocenters. The van der Waals surface area contributed by atoms with Gasteiger partial charge in [0.25, 0.3) is 0 Å². The Morgan fingerprint density at radius 2 is 2.07 bits per heavy atom. The largest absolute Gasteiger partial charge is 0.468 e. The van der Waals surface area contributed by atoms with Gasteiger partial charge in [0.15, 0.2) is 5.75 Å². The van der Waals surface area contributed by atoms with E-state index in [2.05, 4.69) is 4.74 Å². The van der Waals surface area contributed by atoms with E-state index >= 15 is 0 Å². The summed E-state index contributed by atoms with van der Waals surface area (Å²) in [5.41, 5.74) is -0.969. The Labute approximate surface area is 82.5 Å². The lowest BCUT2D eigenvalue weighted by molar-refractivity contribution is -0.137. The number of esters is 1. The highest BCUT2D eigenvalue weighted by Crippen LogP contribution is 2.23. The number of sulfonamides is 1. The van der Waals surface area contributed by atoms with Crippen LogP contribution in [-0.2, 0) is 19.6 Å². The summed E-state index contributed by atoms with van der Waals surface area (Å²) in [6.07, 6.45) is 0. The Kier molecular flexibility index (Phi) is 2.84. The van der Waals surface area contributed by atoms with E-state index in [-0.39, 0.29) is 13.1 Å². The van der Waals surface area contributed by atoms with Crippen LogP contribution < -0.4 is 0 Å². The number of aliphatic hydroxyl groups is 1. The van der Waals surface area contributed by atoms with Gasteiger partial charge in [-0.05, 0) is 6.92 Å². The van der Waals surface area contributed by atoms with Crippen molar-refractivity contribution in [1.82, 2.24) is 4.31 Å². The van der Waals surface area contributed by atoms with Gasteiger partial charge < -0.3 is 9.84 Å². The van der Waals surface area contributed by atoms with Crippen molar-refractivity contribution in [3.8, 4) is 0 Å². The van der Waals surface area contributed by atoms with Gasteiger partial charge in [-0.3, -0.25) is 4.79 Å². The van der Waals surface area contributed by atoms with Crippen LogP contribution in [0.5, 0.6) is 0 Å². The van der Waals surface area contributed by atoms with Crippen molar-refractivity contribution in [3.05, 3.63) is 0 Å². The highest BCUT2D eigenvalue weighted by atomic mass is 32.2. The minimum atomic E-state index is -3.61. The van der Waals surface area contributed by atoms with Gasteiger partial charge in [-0.25, -0.2) is 8.42 Å². The van der Waals surface area contributed by atoms with Crippen molar-refractivity contribution < 1.29 is 23.1 Å². The minimum absolute atomic E-state index is 0.0341. The molecule has 0 bridgehead atoms. The van der Waals surface area contributed by atoms with E-state index in [0.717, 1.165) is 11.4 Å². The first-order valence-electron chi connectivity index (χ1n) is 4.04. The van der Waals surface area contributed by atoms with Crippen LogP contribution in [-0.4, -0.2) is 55.4 Å². The standard InChI is InChI=1S/C7H13NO5S/c1-7(10)4-8(5-7)14(11,12)3-6(9)13-2/h10H,3-5H2,1-2H3. The first-order valence-corrected chi connectivity index (χ1v) is 5.65. The average Bonchev–Trinajstić information content (AvgIpc) is 1.99. The van der Waals surface area contributed by atoms with Crippen LogP contribution in [0.1, 0.15) is 6.92 Å². The number of hydrogen-bond donors (Lipinski definition) is 1. The third-order valence-electron chi connectivity index (χ3n) is 1.96. The van der Waals surface area contributed by atoms with Crippen molar-refractivity contribution >= 4 is 16.0 Å². The highest BCUT2D eigenvalue weighted by Gasteiger charge is 2.43. The third-order valence-corrected chi connectivity index (χ3v) is 3.60. The van der Waals surface area contributed by atoms with E-state index < -0.39 is 27.3 Å². The van der Waals surface area contributed by atoms with Crippen LogP contribution in [0.3, 0.4) is 0 Å². The molecule has 0 atom stereocenters. The van der Waals surface area contributed by atoms with Gasteiger partial charge in [0.1, 0.15) is 0 Å². The maximum Gasteiger partial charge on any atom is 0.322 e. The maximum absolute atomic E-state index is 11.4. The molecule has 1 saturated heterocycles. The van der Waals surface area contributed by atoms with E-state index in [1.807, 2.05) is 0 Å². The molecule has 1 rings (SSSR count). The van der Waals surface area contributed by atoms with E-state index in [1.165, 1.54) is 6.92 Å². The molecule has 0 aliphatic carbocycles. The van der Waals surface area contributed by atoms with Crippen LogP contribution >= 0.6 is 0 Å². The lowest BCUT2D eigenvalue weighted by Gasteiger charge is -2.42. The Morgan fingerprint density at radius 1 is 1.57 bits per heavy atom. The summed E-state index contributed by atoms with van der Waals surface area (Å²) in [5, 5.41) is 9.32. The smallest absolute Gasteiger partial charge is 0.322 e. The Hall–Kier alpha value is -0.660. The average molecular weight is 223 g/mol. The van der Waals surface area contributed by atoms with Crippen LogP contribution in [0.15, 0.2) is 0 Å². The number of rotatable bonds is 3. The number of ether oxygens (including phenoxy) is 1. The molecule has 1 aliphatic rings. The van der Waals surface area contributed by atoms with Gasteiger partial charge in [-0.2, -0.15) is 4.31 Å². The summed E-state index contributed by atoms with van der Waals surface area (Å²) in [5.74, 6) is -1.46. The molecule has 0 spiro atoms. The third kappa shape index (κ3) is 2.43. The molecule has 1 N–H and O–H groups in total. The highest BCUT2D eigenvalue weighted by molar-refractivity contribution is 7.89. The topological polar surface area (TPSA) is 83.9 Å². The van der Waals surface area contributed by atoms with Crippen LogP contribution in [0.25, 0.3) is 0 Å². The minimum Gasteiger partial charge on any atom is -0.468 e. The summed E-state index contributed by atoms with van der Waals surface area (Å²) in [6, 6.07) is 0. The molecule has 14 heavy (non-hydrogen) atoms. The number of carbonyl (C=O) groups excluding carboxylic acids is 1. The van der Waals surface area contributed by atoms with E-state index in [9.17, 15) is 18.3 Å². The van der Waals surface area contributed by atoms with E-state index in [4.69, 9.17) is 0 Å². The predicted octanol–water partition coefficient (Wildman–Crippen LogP) is -1.44. The molecule has 6 nitrogen and oxygen atoms in total. The molecule has 0 saturated carbocycles. The summed E-state index contributed by atoms with van der Waals surface area (Å²) < 4.78 is 28.1. The zero-order valence-corrected chi connectivity index (χ0v) is 8.87. The first-order chi connectivity index (χ1) is 6.27. The fraction of sp³-hybridized carbons (Fsp3) is 0.857. The quantitative estimate of drug-likeness (QED) is 0.592. The van der Waals surface area contributed by atoms with Crippen molar-refractivity contribution in [3.63, 3.8) is 0 Å². The van der Waals surface area contributed by atoms with Gasteiger partial charge in [-0.1, -0.05) is 0 Å². The normalized spacial score (nSPS) is 21.4. The van der Waals surface area contributed by atoms with E-state index in [0.29, 0.717) is 0 Å². The Balaban J connectivity index is 2.57. The molecular formula is C7H13NO5S. The second-order valence-electron chi connectivity index (χ2n) is 3.60. The molecule has 0 amide bonds. The lowest BCUT2D eigenvalue weighted by atomic mass is 10.0. The molecule has 0 aromatic heterocycles. The van der Waals surface area contributed by atoms with Gasteiger partial charge in [0.2, 0.25) is 10.0 Å². The SMILES string of the molecule is COC(=O)CS(=O)(=O)N1CC(C)(O)C1. The van der Waals surface area contributed by atoms with Crippen molar-refractivity contribution in [1.29, 1.82) is 0 Å². The molecule has 1 aliphatic heterocycles. The zero-order chi connectivity index (χ0) is 11.0. The van der Waals surface area contributed by atoms with Gasteiger partial charge in [0.05, 0.1) is 12.7 Å². The number of β-amino-alcohol motifs (C(OH)–C–C–N with tert-alkyl or cyclic N) is 1. The van der Waals surface area contributed by atoms with Crippen LogP contribution in [0.4, 0.5) is 0 Å². The van der Waals surface area contributed by atoms with Crippen molar-refractivity contribution in [2.45, 2.75) is 12.5 Å². The predicted molar refractivity (Wildman–Crippen MR) is 48.0 cm³/mol. The molecular weight excluding hydrogens is 210 g/mol. The maximum atomic E-state index is 11.4. The number of carbonyl (C=O) groups is 1. The lowest BCUT2D eigenvalue weighted by Crippen LogP contribution is -2.62. The van der Waals surface area contributed by atoms with Gasteiger partial charge in [0, 0.05) is 13.1 Å². The monoisotopic (exact) mass is 223 g/mol. The summed E-state index contributed by atoms with van der Waals surface area (Å²) in [6.45, 7) is 1.61. The fourth-order valence-electron chi connectivity index (χ4n) is 1.21. The van der Waals surface area contributed by atoms with Crippen molar-refractivity contribution in [2.75, 3.05) is 26.0 Å². The second-order valence-corrected chi connectivity index (χ2v) is 5.57. The van der Waals surface area contributed by atoms with Gasteiger partial charge in [-0.15, -0.1) is 0 Å². The number of nitrogens with zero attached hydrogens (tertiary/aromatic N) is 1. The Bertz CT molecular complexity index is 326. The number of hydrogen-bond acceptors (Lipinski definition) is 5. The molecule has 0 radical (unpaired) electrons. The van der Waals surface area contributed by atoms with Crippen LogP contribution in [0.2, 0.25) is 0 Å².